The molecule has 2 heterocycles. The van der Waals surface area contributed by atoms with Crippen molar-refractivity contribution in [3.8, 4) is 0 Å². The van der Waals surface area contributed by atoms with Crippen LogP contribution in [0.25, 0.3) is 0 Å². The number of aromatic nitrogens is 4. The van der Waals surface area contributed by atoms with E-state index in [9.17, 15) is 0 Å². The van der Waals surface area contributed by atoms with Crippen LogP contribution in [0.3, 0.4) is 0 Å². The van der Waals surface area contributed by atoms with Gasteiger partial charge in [-0.25, -0.2) is 19.1 Å². The molecule has 0 bridgehead atoms. The summed E-state index contributed by atoms with van der Waals surface area (Å²) < 4.78 is 4.61. The summed E-state index contributed by atoms with van der Waals surface area (Å²) in [5.41, 5.74) is 0. The van der Waals surface area contributed by atoms with E-state index in [1.807, 2.05) is 12.4 Å². The third-order valence-electron chi connectivity index (χ3n) is 8.92. The van der Waals surface area contributed by atoms with Crippen molar-refractivity contribution in [1.82, 2.24) is 9.97 Å². The second kappa shape index (κ2) is 40.2. The summed E-state index contributed by atoms with van der Waals surface area (Å²) in [6, 6.07) is 0. The van der Waals surface area contributed by atoms with Gasteiger partial charge in [0.2, 0.25) is 0 Å². The average molecular weight is 688 g/mol. The molecule has 2 rings (SSSR count). The quantitative estimate of drug-likeness (QED) is 0.0803. The Labute approximate surface area is 300 Å². The second-order valence-corrected chi connectivity index (χ2v) is 13.3. The molecule has 0 aromatic carbocycles. The molecule has 0 saturated carbocycles. The molecule has 2 aromatic heterocycles. The fourth-order valence-corrected chi connectivity index (χ4v) is 5.76. The van der Waals surface area contributed by atoms with Crippen molar-refractivity contribution in [2.45, 2.75) is 222 Å². The summed E-state index contributed by atoms with van der Waals surface area (Å²) in [5.74, 6) is 2.53. The molecule has 2 N–H and O–H groups in total. The lowest BCUT2D eigenvalue weighted by molar-refractivity contribution is -0.702. The van der Waals surface area contributed by atoms with Gasteiger partial charge in [0.1, 0.15) is 24.8 Å². The minimum absolute atomic E-state index is 0. The maximum absolute atomic E-state index is 3.21. The van der Waals surface area contributed by atoms with Crippen molar-refractivity contribution < 1.29 is 33.9 Å². The highest BCUT2D eigenvalue weighted by Crippen LogP contribution is 2.11. The molecule has 0 aliphatic heterocycles. The number of unbranched alkanes of at least 4 members (excludes halogenated alkanes) is 23. The van der Waals surface area contributed by atoms with Crippen LogP contribution in [0.15, 0.2) is 24.8 Å². The molecule has 0 atom stereocenters. The van der Waals surface area contributed by atoms with Crippen molar-refractivity contribution in [3.63, 3.8) is 0 Å². The molecule has 0 radical (unpaired) electrons. The number of imidazole rings is 2. The Balaban J connectivity index is -0.000000598. The Bertz CT molecular complexity index is 739. The summed E-state index contributed by atoms with van der Waals surface area (Å²) >= 11 is 0. The van der Waals surface area contributed by atoms with E-state index in [1.54, 1.807) is 0 Å². The van der Waals surface area contributed by atoms with E-state index in [0.29, 0.717) is 0 Å². The van der Waals surface area contributed by atoms with Gasteiger partial charge in [-0.15, -0.1) is 0 Å². The highest BCUT2D eigenvalue weighted by Gasteiger charge is 2.04. The summed E-state index contributed by atoms with van der Waals surface area (Å²) in [5, 5.41) is 0. The minimum atomic E-state index is 0. The molecule has 0 fully saturated rings. The van der Waals surface area contributed by atoms with Gasteiger partial charge in [-0.1, -0.05) is 169 Å². The van der Waals surface area contributed by atoms with Crippen molar-refractivity contribution in [3.05, 3.63) is 36.4 Å². The normalized spacial score (nSPS) is 10.3. The Morgan fingerprint density at radius 1 is 0.370 bits per heavy atom. The van der Waals surface area contributed by atoms with E-state index < -0.39 is 0 Å². The molecule has 4 nitrogen and oxygen atoms in total. The van der Waals surface area contributed by atoms with Crippen LogP contribution < -0.4 is 33.9 Å². The third kappa shape index (κ3) is 32.9. The van der Waals surface area contributed by atoms with Crippen molar-refractivity contribution >= 4 is 0 Å². The van der Waals surface area contributed by atoms with Gasteiger partial charge in [-0.05, 0) is 25.7 Å². The zero-order valence-electron chi connectivity index (χ0n) is 31.8. The Kier molecular flexibility index (Phi) is 43.1. The molecule has 6 heteroatoms. The summed E-state index contributed by atoms with van der Waals surface area (Å²) in [4.78, 5) is 6.41. The van der Waals surface area contributed by atoms with Gasteiger partial charge in [0.25, 0.3) is 11.6 Å². The van der Waals surface area contributed by atoms with Gasteiger partial charge in [0, 0.05) is 13.8 Å². The predicted molar refractivity (Wildman–Crippen MR) is 194 cm³/mol. The first-order valence-corrected chi connectivity index (χ1v) is 19.7. The van der Waals surface area contributed by atoms with E-state index in [0.717, 1.165) is 0 Å². The standard InChI is InChI=1S/2C14H26N2.C12H26.2ClH/c2*1-3-4-5-6-7-8-9-10-12-16-13-11-15-14(16)2;1-3-5-7-9-11-12-10-8-6-4-2;;/h2*11,13H,3-10,12H2,1-2H3;3-12H2,1-2H3;2*1H. The van der Waals surface area contributed by atoms with Crippen molar-refractivity contribution in [2.24, 2.45) is 0 Å². The van der Waals surface area contributed by atoms with Crippen LogP contribution in [0.5, 0.6) is 0 Å². The monoisotopic (exact) mass is 687 g/mol. The predicted octanol–water partition coefficient (Wildman–Crippen LogP) is 6.44. The van der Waals surface area contributed by atoms with E-state index in [1.165, 1.54) is 192 Å². The number of rotatable bonds is 27. The fourth-order valence-electron chi connectivity index (χ4n) is 5.76. The van der Waals surface area contributed by atoms with Crippen LogP contribution in [0.1, 0.15) is 206 Å². The first-order chi connectivity index (χ1) is 21.6. The zero-order chi connectivity index (χ0) is 32.4. The fraction of sp³-hybridized carbons (Fsp3) is 0.850. The minimum Gasteiger partial charge on any atom is -1.00 e. The second-order valence-electron chi connectivity index (χ2n) is 13.3. The largest absolute Gasteiger partial charge is 1.00 e. The first kappa shape index (κ1) is 49.4. The van der Waals surface area contributed by atoms with Gasteiger partial charge in [0.15, 0.2) is 0 Å². The Morgan fingerprint density at radius 3 is 0.783 bits per heavy atom. The lowest BCUT2D eigenvalue weighted by Crippen LogP contribution is -3.00. The van der Waals surface area contributed by atoms with Crippen LogP contribution in [0.2, 0.25) is 0 Å². The molecule has 274 valence electrons. The molecule has 0 spiro atoms. The number of hydrogen-bond donors (Lipinski definition) is 2. The lowest BCUT2D eigenvalue weighted by atomic mass is 10.1. The van der Waals surface area contributed by atoms with Crippen molar-refractivity contribution in [1.29, 1.82) is 0 Å². The molecule has 46 heavy (non-hydrogen) atoms. The number of H-pyrrole nitrogens is 2. The Morgan fingerprint density at radius 2 is 0.587 bits per heavy atom. The molecule has 0 amide bonds. The van der Waals surface area contributed by atoms with Crippen LogP contribution in [0, 0.1) is 13.8 Å². The SMILES string of the molecule is CCCCCCCCCCCC.CCCCCCCCCC[n+]1cc[nH]c1C.CCCCCCCCCC[n+]1cc[nH]c1C.[Cl-].[Cl-]. The average Bonchev–Trinajstić information content (AvgIpc) is 3.64. The Hall–Kier alpha value is -1.00. The number of halogens is 2. The van der Waals surface area contributed by atoms with E-state index in [2.05, 4.69) is 73.0 Å². The van der Waals surface area contributed by atoms with Gasteiger partial charge in [0.05, 0.1) is 13.1 Å². The summed E-state index contributed by atoms with van der Waals surface area (Å²) in [6.07, 6.45) is 45.1. The maximum Gasteiger partial charge on any atom is 0.251 e. The number of aromatic amines is 2. The molecule has 0 aliphatic carbocycles. The molecular formula is C40H80Cl2N4. The maximum atomic E-state index is 3.21. The van der Waals surface area contributed by atoms with Gasteiger partial charge in [-0.2, -0.15) is 0 Å². The van der Waals surface area contributed by atoms with Crippen LogP contribution >= 0.6 is 0 Å². The number of nitrogens with zero attached hydrogens (tertiary/aromatic N) is 2. The molecule has 0 saturated heterocycles. The van der Waals surface area contributed by atoms with Crippen LogP contribution in [-0.4, -0.2) is 9.97 Å². The number of nitrogens with one attached hydrogen (secondary N) is 2. The summed E-state index contributed by atoms with van der Waals surface area (Å²) in [6.45, 7) is 15.7. The molecule has 0 aliphatic rings. The highest BCUT2D eigenvalue weighted by molar-refractivity contribution is 4.71. The lowest BCUT2D eigenvalue weighted by Gasteiger charge is -2.01. The van der Waals surface area contributed by atoms with Crippen LogP contribution in [0.4, 0.5) is 0 Å². The molecular weight excluding hydrogens is 607 g/mol. The smallest absolute Gasteiger partial charge is 0.251 e. The highest BCUT2D eigenvalue weighted by atomic mass is 35.5. The third-order valence-corrected chi connectivity index (χ3v) is 8.92. The first-order valence-electron chi connectivity index (χ1n) is 19.7. The van der Waals surface area contributed by atoms with E-state index >= 15 is 0 Å². The van der Waals surface area contributed by atoms with Crippen LogP contribution in [-0.2, 0) is 13.1 Å². The zero-order valence-corrected chi connectivity index (χ0v) is 33.3. The molecule has 2 aromatic rings. The summed E-state index contributed by atoms with van der Waals surface area (Å²) in [7, 11) is 0. The van der Waals surface area contributed by atoms with Gasteiger partial charge < -0.3 is 24.8 Å². The van der Waals surface area contributed by atoms with Gasteiger partial charge in [-0.3, -0.25) is 0 Å². The van der Waals surface area contributed by atoms with Gasteiger partial charge >= 0.3 is 0 Å². The topological polar surface area (TPSA) is 39.3 Å². The molecule has 0 unspecified atom stereocenters. The number of aryl methyl sites for hydroxylation is 4. The van der Waals surface area contributed by atoms with Crippen molar-refractivity contribution in [2.75, 3.05) is 0 Å². The van der Waals surface area contributed by atoms with E-state index in [-0.39, 0.29) is 24.8 Å². The van der Waals surface area contributed by atoms with E-state index in [4.69, 9.17) is 0 Å². The number of hydrogen-bond acceptors (Lipinski definition) is 0.